The molecule has 0 aliphatic carbocycles. The van der Waals surface area contributed by atoms with Crippen molar-refractivity contribution in [2.24, 2.45) is 0 Å². The smallest absolute Gasteiger partial charge is 0.339 e. The van der Waals surface area contributed by atoms with Crippen LogP contribution < -0.4 is 5.32 Å². The Balaban J connectivity index is 1.58. The van der Waals surface area contributed by atoms with Crippen LogP contribution in [0.2, 0.25) is 0 Å². The van der Waals surface area contributed by atoms with Crippen LogP contribution in [0.5, 0.6) is 0 Å². The number of benzene rings is 1. The van der Waals surface area contributed by atoms with Crippen molar-refractivity contribution in [3.05, 3.63) is 52.9 Å². The van der Waals surface area contributed by atoms with Gasteiger partial charge in [-0.15, -0.1) is 11.3 Å². The Morgan fingerprint density at radius 3 is 2.96 bits per heavy atom. The van der Waals surface area contributed by atoms with Gasteiger partial charge in [0.15, 0.2) is 5.60 Å². The van der Waals surface area contributed by atoms with E-state index in [9.17, 15) is 9.59 Å². The Hall–Kier alpha value is -2.34. The molecule has 2 aliphatic heterocycles. The summed E-state index contributed by atoms with van der Waals surface area (Å²) in [4.78, 5) is 26.3. The molecule has 1 aromatic carbocycles. The number of hydrogen-bond acceptors (Lipinski definition) is 4. The van der Waals surface area contributed by atoms with Crippen LogP contribution in [-0.4, -0.2) is 30.0 Å². The van der Waals surface area contributed by atoms with Crippen molar-refractivity contribution < 1.29 is 14.3 Å². The molecule has 23 heavy (non-hydrogen) atoms. The number of thiophene rings is 1. The number of nitrogens with one attached hydrogen (secondary N) is 1. The summed E-state index contributed by atoms with van der Waals surface area (Å²) in [5.74, 6) is -0.291. The standard InChI is InChI=1S/C17H16N2O3S/c20-15-12-5-1-2-6-13(12)17(22-15)8-4-9-19(11-17)16(21)18-14-7-3-10-23-14/h1-3,5-7,10H,4,8-9,11H2,(H,18,21). The molecule has 5 nitrogen and oxygen atoms in total. The van der Waals surface area contributed by atoms with E-state index in [1.165, 1.54) is 11.3 Å². The van der Waals surface area contributed by atoms with Crippen LogP contribution in [0.1, 0.15) is 28.8 Å². The second-order valence-corrected chi connectivity index (χ2v) is 6.81. The number of rotatable bonds is 1. The molecule has 1 unspecified atom stereocenters. The molecule has 1 spiro atoms. The maximum absolute atomic E-state index is 12.5. The number of anilines is 1. The van der Waals surface area contributed by atoms with E-state index in [0.29, 0.717) is 18.7 Å². The Morgan fingerprint density at radius 2 is 2.13 bits per heavy atom. The monoisotopic (exact) mass is 328 g/mol. The number of likely N-dealkylation sites (tertiary alicyclic amines) is 1. The second kappa shape index (κ2) is 5.38. The minimum Gasteiger partial charge on any atom is -0.449 e. The van der Waals surface area contributed by atoms with E-state index in [1.807, 2.05) is 35.7 Å². The van der Waals surface area contributed by atoms with E-state index >= 15 is 0 Å². The molecule has 3 heterocycles. The molecular formula is C17H16N2O3S. The molecule has 0 radical (unpaired) electrons. The van der Waals surface area contributed by atoms with E-state index in [2.05, 4.69) is 5.32 Å². The number of carbonyl (C=O) groups excluding carboxylic acids is 2. The largest absolute Gasteiger partial charge is 0.449 e. The van der Waals surface area contributed by atoms with Crippen molar-refractivity contribution in [2.75, 3.05) is 18.4 Å². The summed E-state index contributed by atoms with van der Waals surface area (Å²) in [5, 5.41) is 5.64. The van der Waals surface area contributed by atoms with E-state index in [-0.39, 0.29) is 12.0 Å². The predicted octanol–water partition coefficient (Wildman–Crippen LogP) is 3.44. The predicted molar refractivity (Wildman–Crippen MR) is 87.7 cm³/mol. The maximum Gasteiger partial charge on any atom is 0.339 e. The van der Waals surface area contributed by atoms with Gasteiger partial charge in [0.05, 0.1) is 17.1 Å². The van der Waals surface area contributed by atoms with Gasteiger partial charge in [-0.25, -0.2) is 9.59 Å². The van der Waals surface area contributed by atoms with Gasteiger partial charge in [-0.2, -0.15) is 0 Å². The Morgan fingerprint density at radius 1 is 1.26 bits per heavy atom. The summed E-state index contributed by atoms with van der Waals surface area (Å²) < 4.78 is 5.72. The first-order valence-electron chi connectivity index (χ1n) is 7.60. The first kappa shape index (κ1) is 14.3. The number of carbonyl (C=O) groups is 2. The highest BCUT2D eigenvalue weighted by Gasteiger charge is 2.48. The molecule has 118 valence electrons. The summed E-state index contributed by atoms with van der Waals surface area (Å²) >= 11 is 1.48. The minimum atomic E-state index is -0.696. The Bertz CT molecular complexity index is 759. The molecule has 2 amide bonds. The van der Waals surface area contributed by atoms with Gasteiger partial charge in [-0.3, -0.25) is 5.32 Å². The number of fused-ring (bicyclic) bond motifs is 2. The molecule has 1 aromatic heterocycles. The van der Waals surface area contributed by atoms with Gasteiger partial charge in [0.1, 0.15) is 0 Å². The van der Waals surface area contributed by atoms with Crippen LogP contribution in [0.3, 0.4) is 0 Å². The normalized spacial score (nSPS) is 22.8. The van der Waals surface area contributed by atoms with Gasteiger partial charge in [-0.05, 0) is 36.4 Å². The van der Waals surface area contributed by atoms with Crippen molar-refractivity contribution in [3.8, 4) is 0 Å². The van der Waals surface area contributed by atoms with E-state index in [1.54, 1.807) is 11.0 Å². The molecule has 2 aromatic rings. The summed E-state index contributed by atoms with van der Waals surface area (Å²) in [6.07, 6.45) is 1.55. The lowest BCUT2D eigenvalue weighted by molar-refractivity contribution is -0.0400. The van der Waals surface area contributed by atoms with Crippen LogP contribution in [-0.2, 0) is 10.3 Å². The molecule has 0 saturated carbocycles. The maximum atomic E-state index is 12.5. The van der Waals surface area contributed by atoms with E-state index in [4.69, 9.17) is 4.74 Å². The number of ether oxygens (including phenoxy) is 1. The highest BCUT2D eigenvalue weighted by molar-refractivity contribution is 7.14. The highest BCUT2D eigenvalue weighted by atomic mass is 32.1. The van der Waals surface area contributed by atoms with Crippen molar-refractivity contribution in [2.45, 2.75) is 18.4 Å². The molecule has 1 fully saturated rings. The summed E-state index contributed by atoms with van der Waals surface area (Å²) in [5.41, 5.74) is 0.824. The second-order valence-electron chi connectivity index (χ2n) is 5.86. The lowest BCUT2D eigenvalue weighted by Gasteiger charge is -2.39. The fourth-order valence-corrected chi connectivity index (χ4v) is 3.99. The van der Waals surface area contributed by atoms with Crippen molar-refractivity contribution >= 4 is 28.3 Å². The number of urea groups is 1. The van der Waals surface area contributed by atoms with Crippen molar-refractivity contribution in [1.29, 1.82) is 0 Å². The molecule has 0 bridgehead atoms. The lowest BCUT2D eigenvalue weighted by atomic mass is 9.85. The fourth-order valence-electron chi connectivity index (χ4n) is 3.38. The topological polar surface area (TPSA) is 58.6 Å². The average Bonchev–Trinajstić information content (AvgIpc) is 3.16. The Labute approximate surface area is 137 Å². The average molecular weight is 328 g/mol. The minimum absolute atomic E-state index is 0.146. The molecular weight excluding hydrogens is 312 g/mol. The Kier molecular flexibility index (Phi) is 3.34. The third-order valence-corrected chi connectivity index (χ3v) is 5.20. The molecule has 4 rings (SSSR count). The number of hydrogen-bond donors (Lipinski definition) is 1. The first-order chi connectivity index (χ1) is 11.2. The van der Waals surface area contributed by atoms with E-state index in [0.717, 1.165) is 23.4 Å². The van der Waals surface area contributed by atoms with Crippen LogP contribution in [0.25, 0.3) is 0 Å². The third-order valence-electron chi connectivity index (χ3n) is 4.42. The zero-order valence-corrected chi connectivity index (χ0v) is 13.3. The van der Waals surface area contributed by atoms with Gasteiger partial charge in [0.2, 0.25) is 0 Å². The van der Waals surface area contributed by atoms with Crippen molar-refractivity contribution in [3.63, 3.8) is 0 Å². The van der Waals surface area contributed by atoms with Crippen LogP contribution in [0.4, 0.5) is 9.80 Å². The van der Waals surface area contributed by atoms with Gasteiger partial charge in [0.25, 0.3) is 0 Å². The lowest BCUT2D eigenvalue weighted by Crippen LogP contribution is -2.50. The van der Waals surface area contributed by atoms with Crippen LogP contribution in [0, 0.1) is 0 Å². The zero-order chi connectivity index (χ0) is 15.9. The summed E-state index contributed by atoms with van der Waals surface area (Å²) in [7, 11) is 0. The first-order valence-corrected chi connectivity index (χ1v) is 8.48. The SMILES string of the molecule is O=C1OC2(CCCN(C(=O)Nc3cccs3)C2)c2ccccc21. The van der Waals surface area contributed by atoms with Crippen molar-refractivity contribution in [1.82, 2.24) is 4.90 Å². The quantitative estimate of drug-likeness (QED) is 0.816. The number of nitrogens with zero attached hydrogens (tertiary/aromatic N) is 1. The van der Waals surface area contributed by atoms with Gasteiger partial charge >= 0.3 is 12.0 Å². The molecule has 2 aliphatic rings. The van der Waals surface area contributed by atoms with Gasteiger partial charge in [-0.1, -0.05) is 18.2 Å². The number of piperidine rings is 1. The van der Waals surface area contributed by atoms with Crippen LogP contribution >= 0.6 is 11.3 Å². The fraction of sp³-hybridized carbons (Fsp3) is 0.294. The highest BCUT2D eigenvalue weighted by Crippen LogP contribution is 2.42. The number of esters is 1. The molecule has 1 N–H and O–H groups in total. The molecule has 6 heteroatoms. The third kappa shape index (κ3) is 2.39. The molecule has 1 atom stereocenters. The van der Waals surface area contributed by atoms with Crippen LogP contribution in [0.15, 0.2) is 41.8 Å². The van der Waals surface area contributed by atoms with Gasteiger partial charge in [0, 0.05) is 12.1 Å². The zero-order valence-electron chi connectivity index (χ0n) is 12.5. The molecule has 1 saturated heterocycles. The van der Waals surface area contributed by atoms with Gasteiger partial charge < -0.3 is 9.64 Å². The number of amides is 2. The summed E-state index contributed by atoms with van der Waals surface area (Å²) in [6.45, 7) is 1.06. The van der Waals surface area contributed by atoms with E-state index < -0.39 is 5.60 Å². The summed E-state index contributed by atoms with van der Waals surface area (Å²) in [6, 6.07) is 11.1.